The second-order valence-electron chi connectivity index (χ2n) is 6.21. The first kappa shape index (κ1) is 18.2. The zero-order valence-corrected chi connectivity index (χ0v) is 15.9. The Hall–Kier alpha value is -1.63. The fourth-order valence-electron chi connectivity index (χ4n) is 3.08. The average Bonchev–Trinajstić information content (AvgIpc) is 2.64. The monoisotopic (exact) mass is 376 g/mol. The molecular formula is C19H23FN3S2+. The van der Waals surface area contributed by atoms with Crippen LogP contribution in [-0.2, 0) is 6.54 Å². The summed E-state index contributed by atoms with van der Waals surface area (Å²) >= 11 is 7.31. The molecule has 0 bridgehead atoms. The Balaban J connectivity index is 1.60. The van der Waals surface area contributed by atoms with Crippen LogP contribution in [0.5, 0.6) is 0 Å². The standard InChI is InChI=1S/C19H22FN3S2/c1-25-17-8-4-7-16(12-17)21-19(24)23-11-5-10-22(14-23)13-15-6-2-3-9-18(15)20/h2-4,6-9,12H,5,10-11,13-14H2,1H3,(H,21,24)/p+1. The molecule has 1 heterocycles. The third kappa shape index (κ3) is 4.93. The van der Waals surface area contributed by atoms with E-state index >= 15 is 0 Å². The summed E-state index contributed by atoms with van der Waals surface area (Å²) in [5.74, 6) is -0.123. The van der Waals surface area contributed by atoms with Crippen LogP contribution >= 0.6 is 24.0 Å². The van der Waals surface area contributed by atoms with E-state index in [0.717, 1.165) is 42.5 Å². The van der Waals surface area contributed by atoms with Crippen LogP contribution in [-0.4, -0.2) is 36.0 Å². The molecule has 3 rings (SSSR count). The van der Waals surface area contributed by atoms with Crippen LogP contribution in [0.25, 0.3) is 0 Å². The van der Waals surface area contributed by atoms with E-state index in [2.05, 4.69) is 28.6 Å². The van der Waals surface area contributed by atoms with Gasteiger partial charge in [-0.3, -0.25) is 0 Å². The predicted octanol–water partition coefficient (Wildman–Crippen LogP) is 2.99. The lowest BCUT2D eigenvalue weighted by molar-refractivity contribution is -0.927. The first-order valence-electron chi connectivity index (χ1n) is 8.42. The van der Waals surface area contributed by atoms with E-state index in [9.17, 15) is 4.39 Å². The van der Waals surface area contributed by atoms with Crippen molar-refractivity contribution in [2.45, 2.75) is 17.9 Å². The molecule has 6 heteroatoms. The average molecular weight is 377 g/mol. The van der Waals surface area contributed by atoms with Gasteiger partial charge < -0.3 is 15.1 Å². The number of hydrogen-bond donors (Lipinski definition) is 2. The number of thioether (sulfide) groups is 1. The lowest BCUT2D eigenvalue weighted by atomic mass is 10.2. The van der Waals surface area contributed by atoms with Crippen LogP contribution < -0.4 is 10.2 Å². The lowest BCUT2D eigenvalue weighted by Crippen LogP contribution is -3.13. The van der Waals surface area contributed by atoms with Crippen molar-refractivity contribution in [2.24, 2.45) is 0 Å². The Bertz CT molecular complexity index is 738. The first-order valence-corrected chi connectivity index (χ1v) is 10.1. The third-order valence-corrected chi connectivity index (χ3v) is 5.46. The van der Waals surface area contributed by atoms with Crippen molar-refractivity contribution in [2.75, 3.05) is 31.3 Å². The van der Waals surface area contributed by atoms with Gasteiger partial charge in [0.15, 0.2) is 11.8 Å². The van der Waals surface area contributed by atoms with Crippen molar-refractivity contribution in [3.8, 4) is 0 Å². The van der Waals surface area contributed by atoms with E-state index in [4.69, 9.17) is 12.2 Å². The molecule has 2 N–H and O–H groups in total. The summed E-state index contributed by atoms with van der Waals surface area (Å²) in [6.07, 6.45) is 3.11. The van der Waals surface area contributed by atoms with Crippen LogP contribution in [0.2, 0.25) is 0 Å². The van der Waals surface area contributed by atoms with Crippen molar-refractivity contribution in [1.29, 1.82) is 0 Å². The Labute approximate surface area is 158 Å². The van der Waals surface area contributed by atoms with Crippen molar-refractivity contribution in [3.63, 3.8) is 0 Å². The van der Waals surface area contributed by atoms with Crippen molar-refractivity contribution in [3.05, 3.63) is 59.9 Å². The first-order chi connectivity index (χ1) is 12.2. The number of thiocarbonyl (C=S) groups is 1. The van der Waals surface area contributed by atoms with E-state index in [-0.39, 0.29) is 5.82 Å². The number of nitrogens with one attached hydrogen (secondary N) is 2. The van der Waals surface area contributed by atoms with Gasteiger partial charge in [0.1, 0.15) is 12.4 Å². The topological polar surface area (TPSA) is 19.7 Å². The summed E-state index contributed by atoms with van der Waals surface area (Å²) in [5, 5.41) is 4.08. The van der Waals surface area contributed by atoms with Gasteiger partial charge in [0, 0.05) is 29.1 Å². The molecule has 0 aliphatic carbocycles. The van der Waals surface area contributed by atoms with Gasteiger partial charge in [0.25, 0.3) is 0 Å². The highest BCUT2D eigenvalue weighted by atomic mass is 32.2. The molecule has 25 heavy (non-hydrogen) atoms. The van der Waals surface area contributed by atoms with Gasteiger partial charge >= 0.3 is 0 Å². The van der Waals surface area contributed by atoms with Crippen molar-refractivity contribution >= 4 is 34.8 Å². The Morgan fingerprint density at radius 2 is 2.12 bits per heavy atom. The Morgan fingerprint density at radius 3 is 2.92 bits per heavy atom. The number of halogens is 1. The lowest BCUT2D eigenvalue weighted by Gasteiger charge is -2.34. The number of hydrogen-bond acceptors (Lipinski definition) is 2. The minimum atomic E-state index is -0.123. The maximum atomic E-state index is 13.9. The molecule has 0 aromatic heterocycles. The number of rotatable bonds is 4. The summed E-state index contributed by atoms with van der Waals surface area (Å²) in [6, 6.07) is 15.3. The third-order valence-electron chi connectivity index (χ3n) is 4.38. The molecule has 0 saturated carbocycles. The summed E-state index contributed by atoms with van der Waals surface area (Å²) in [5.41, 5.74) is 1.78. The Kier molecular flexibility index (Phi) is 6.29. The summed E-state index contributed by atoms with van der Waals surface area (Å²) < 4.78 is 13.9. The molecule has 0 spiro atoms. The molecule has 0 radical (unpaired) electrons. The SMILES string of the molecule is CSc1cccc(NC(=S)N2CCC[NH+](Cc3ccccc3F)C2)c1. The number of nitrogens with zero attached hydrogens (tertiary/aromatic N) is 1. The molecule has 1 atom stereocenters. The number of benzene rings is 2. The molecule has 1 aliphatic rings. The van der Waals surface area contributed by atoms with Gasteiger partial charge in [-0.05, 0) is 42.7 Å². The molecule has 1 unspecified atom stereocenters. The molecule has 2 aromatic rings. The molecule has 132 valence electrons. The van der Waals surface area contributed by atoms with Crippen LogP contribution in [0.15, 0.2) is 53.4 Å². The maximum Gasteiger partial charge on any atom is 0.177 e. The molecule has 0 amide bonds. The van der Waals surface area contributed by atoms with Crippen LogP contribution in [0, 0.1) is 5.82 Å². The highest BCUT2D eigenvalue weighted by Gasteiger charge is 2.23. The van der Waals surface area contributed by atoms with Crippen molar-refractivity contribution in [1.82, 2.24) is 4.90 Å². The minimum absolute atomic E-state index is 0.123. The predicted molar refractivity (Wildman–Crippen MR) is 107 cm³/mol. The number of quaternary nitrogens is 1. The van der Waals surface area contributed by atoms with Crippen molar-refractivity contribution < 1.29 is 9.29 Å². The van der Waals surface area contributed by atoms with Gasteiger partial charge in [-0.1, -0.05) is 24.3 Å². The van der Waals surface area contributed by atoms with Gasteiger partial charge in [-0.25, -0.2) is 4.39 Å². The molecule has 1 saturated heterocycles. The van der Waals surface area contributed by atoms with E-state index in [1.807, 2.05) is 24.3 Å². The summed E-state index contributed by atoms with van der Waals surface area (Å²) in [7, 11) is 0. The van der Waals surface area contributed by atoms with Gasteiger partial charge in [0.05, 0.1) is 6.54 Å². The number of anilines is 1. The van der Waals surface area contributed by atoms with E-state index in [1.54, 1.807) is 17.8 Å². The largest absolute Gasteiger partial charge is 0.332 e. The second kappa shape index (κ2) is 8.65. The van der Waals surface area contributed by atoms with E-state index < -0.39 is 0 Å². The minimum Gasteiger partial charge on any atom is -0.332 e. The molecule has 3 nitrogen and oxygen atoms in total. The van der Waals surface area contributed by atoms with E-state index in [1.165, 1.54) is 15.9 Å². The van der Waals surface area contributed by atoms with Gasteiger partial charge in [-0.2, -0.15) is 0 Å². The van der Waals surface area contributed by atoms with Crippen LogP contribution in [0.4, 0.5) is 10.1 Å². The molecule has 2 aromatic carbocycles. The highest BCUT2D eigenvalue weighted by molar-refractivity contribution is 7.98. The fourth-order valence-corrected chi connectivity index (χ4v) is 3.81. The highest BCUT2D eigenvalue weighted by Crippen LogP contribution is 2.19. The molecule has 1 aliphatic heterocycles. The zero-order valence-electron chi connectivity index (χ0n) is 14.3. The normalized spacial score (nSPS) is 17.4. The fraction of sp³-hybridized carbons (Fsp3) is 0.316. The van der Waals surface area contributed by atoms with Crippen LogP contribution in [0.1, 0.15) is 12.0 Å². The van der Waals surface area contributed by atoms with Gasteiger partial charge in [-0.15, -0.1) is 11.8 Å². The summed E-state index contributed by atoms with van der Waals surface area (Å²) in [4.78, 5) is 4.72. The van der Waals surface area contributed by atoms with Gasteiger partial charge in [0.2, 0.25) is 0 Å². The summed E-state index contributed by atoms with van der Waals surface area (Å²) in [6.45, 7) is 3.46. The molecule has 1 fully saturated rings. The molecular weight excluding hydrogens is 353 g/mol. The van der Waals surface area contributed by atoms with E-state index in [0.29, 0.717) is 6.54 Å². The van der Waals surface area contributed by atoms with Crippen LogP contribution in [0.3, 0.4) is 0 Å². The maximum absolute atomic E-state index is 13.9. The Morgan fingerprint density at radius 1 is 1.28 bits per heavy atom. The zero-order chi connectivity index (χ0) is 17.6. The second-order valence-corrected chi connectivity index (χ2v) is 7.47. The quantitative estimate of drug-likeness (QED) is 0.631. The smallest absolute Gasteiger partial charge is 0.177 e.